The van der Waals surface area contributed by atoms with Gasteiger partial charge in [-0.3, -0.25) is 14.4 Å². The normalized spacial score (nSPS) is 17.1. The van der Waals surface area contributed by atoms with Gasteiger partial charge in [0.15, 0.2) is 0 Å². The summed E-state index contributed by atoms with van der Waals surface area (Å²) in [7, 11) is 6.04. The van der Waals surface area contributed by atoms with Crippen molar-refractivity contribution < 1.29 is 53.1 Å². The van der Waals surface area contributed by atoms with Gasteiger partial charge in [0.2, 0.25) is 31.8 Å². The highest BCUT2D eigenvalue weighted by molar-refractivity contribution is 6.55. The van der Waals surface area contributed by atoms with Crippen LogP contribution in [0.2, 0.25) is 0 Å². The number of aliphatic hydroxyl groups is 2. The molecule has 268 valence electrons. The Morgan fingerprint density at radius 2 is 1.68 bits per heavy atom. The standard InChI is InChI=1S/C28H41BN2O10.2C2H6.CH4O/c1-3-19(2)7-10-37-12-13-38-11-8-25(34)30-9-6-26(35)31-23-14-20(18-39-28(29)36)4-5-24(23)41-27-16-21(33)15-22(17-32)40-27;3*1-2/h4-5,14,17,19,21-22,27,33H,3,6-13,15-16,18H2,1-2H3,(H,30,34)(H,31,35);2*1-2H3;2H,1H3. The smallest absolute Gasteiger partial charge is 0.236 e. The first-order valence-electron chi connectivity index (χ1n) is 16.4. The second-order valence-corrected chi connectivity index (χ2v) is 9.85. The molecule has 2 amide bonds. The van der Waals surface area contributed by atoms with E-state index in [4.69, 9.17) is 36.6 Å². The Kier molecular flexibility index (Phi) is 29.7. The van der Waals surface area contributed by atoms with E-state index in [9.17, 15) is 24.3 Å². The molecule has 2 radical (unpaired) electrons. The molecule has 1 saturated heterocycles. The summed E-state index contributed by atoms with van der Waals surface area (Å²) >= 11 is 0. The molecule has 0 aliphatic carbocycles. The summed E-state index contributed by atoms with van der Waals surface area (Å²) in [6.07, 6.45) is 0.639. The van der Waals surface area contributed by atoms with Crippen LogP contribution >= 0.6 is 0 Å². The summed E-state index contributed by atoms with van der Waals surface area (Å²) < 4.78 is 27.1. The van der Waals surface area contributed by atoms with Crippen molar-refractivity contribution in [2.24, 2.45) is 5.92 Å². The molecule has 0 spiro atoms. The number of nitrogens with one attached hydrogen (secondary N) is 2. The summed E-state index contributed by atoms with van der Waals surface area (Å²) in [5.74, 6) is -0.761. The Hall–Kier alpha value is -3.04. The fourth-order valence-electron chi connectivity index (χ4n) is 3.81. The molecule has 0 bridgehead atoms. The number of hydrogen-bond donors (Lipinski definition) is 4. The molecule has 1 aliphatic rings. The second-order valence-electron chi connectivity index (χ2n) is 9.85. The number of anilines is 1. The Balaban J connectivity index is 0. The Morgan fingerprint density at radius 3 is 2.30 bits per heavy atom. The molecule has 4 N–H and O–H groups in total. The van der Waals surface area contributed by atoms with Crippen LogP contribution in [0.5, 0.6) is 5.75 Å². The number of rotatable bonds is 19. The van der Waals surface area contributed by atoms with E-state index in [1.165, 1.54) is 12.1 Å². The zero-order chi connectivity index (χ0) is 36.0. The molecule has 14 heteroatoms. The first-order chi connectivity index (χ1) is 22.7. The third-order valence-corrected chi connectivity index (χ3v) is 6.38. The first kappa shape index (κ1) is 46.1. The second kappa shape index (κ2) is 30.3. The van der Waals surface area contributed by atoms with Gasteiger partial charge in [-0.15, -0.1) is 0 Å². The van der Waals surface area contributed by atoms with Crippen LogP contribution in [0.3, 0.4) is 0 Å². The molecule has 47 heavy (non-hydrogen) atoms. The lowest BCUT2D eigenvalue weighted by Gasteiger charge is -2.31. The van der Waals surface area contributed by atoms with Crippen LogP contribution in [-0.4, -0.2) is 101 Å². The van der Waals surface area contributed by atoms with Crippen molar-refractivity contribution in [1.82, 2.24) is 5.32 Å². The monoisotopic (exact) mass is 668 g/mol. The average Bonchev–Trinajstić information content (AvgIpc) is 3.08. The van der Waals surface area contributed by atoms with Crippen molar-refractivity contribution in [2.45, 2.75) is 105 Å². The van der Waals surface area contributed by atoms with Gasteiger partial charge in [0.1, 0.15) is 24.7 Å². The minimum absolute atomic E-state index is 0.0239. The molecule has 4 atom stereocenters. The van der Waals surface area contributed by atoms with Crippen molar-refractivity contribution in [3.05, 3.63) is 23.8 Å². The largest absolute Gasteiger partial charge is 0.470 e. The van der Waals surface area contributed by atoms with Crippen LogP contribution in [0.4, 0.5) is 10.5 Å². The summed E-state index contributed by atoms with van der Waals surface area (Å²) in [6.45, 7) is 14.1. The van der Waals surface area contributed by atoms with Crippen molar-refractivity contribution in [3.8, 4) is 5.75 Å². The predicted octanol–water partition coefficient (Wildman–Crippen LogP) is 3.90. The minimum atomic E-state index is -0.952. The van der Waals surface area contributed by atoms with E-state index < -0.39 is 30.3 Å². The van der Waals surface area contributed by atoms with Crippen molar-refractivity contribution >= 4 is 37.5 Å². The highest BCUT2D eigenvalue weighted by Gasteiger charge is 2.30. The van der Waals surface area contributed by atoms with Gasteiger partial charge in [-0.2, -0.15) is 0 Å². The molecule has 13 nitrogen and oxygen atoms in total. The fourth-order valence-corrected chi connectivity index (χ4v) is 3.81. The van der Waals surface area contributed by atoms with Crippen molar-refractivity contribution in [1.29, 1.82) is 0 Å². The van der Waals surface area contributed by atoms with E-state index in [1.54, 1.807) is 6.07 Å². The number of benzene rings is 1. The van der Waals surface area contributed by atoms with Crippen LogP contribution in [-0.2, 0) is 39.9 Å². The number of aliphatic hydroxyl groups excluding tert-OH is 2. The van der Waals surface area contributed by atoms with Gasteiger partial charge >= 0.3 is 0 Å². The maximum Gasteiger partial charge on any atom is 0.236 e. The molecule has 1 heterocycles. The summed E-state index contributed by atoms with van der Waals surface area (Å²) in [6, 6.07) is 4.68. The Labute approximate surface area is 281 Å². The number of ether oxygens (including phenoxy) is 5. The van der Waals surface area contributed by atoms with Crippen LogP contribution < -0.4 is 15.4 Å². The first-order valence-corrected chi connectivity index (χ1v) is 16.4. The highest BCUT2D eigenvalue weighted by Crippen LogP contribution is 2.30. The summed E-state index contributed by atoms with van der Waals surface area (Å²) in [4.78, 5) is 46.8. The van der Waals surface area contributed by atoms with Crippen LogP contribution in [0, 0.1) is 5.92 Å². The van der Waals surface area contributed by atoms with Gasteiger partial charge in [-0.05, 0) is 30.0 Å². The maximum atomic E-state index is 12.6. The molecule has 1 aliphatic heterocycles. The third-order valence-electron chi connectivity index (χ3n) is 6.38. The van der Waals surface area contributed by atoms with Gasteiger partial charge in [0.05, 0.1) is 31.6 Å². The van der Waals surface area contributed by atoms with Crippen LogP contribution in [0.1, 0.15) is 85.6 Å². The van der Waals surface area contributed by atoms with E-state index in [0.29, 0.717) is 37.6 Å². The lowest BCUT2D eigenvalue weighted by molar-refractivity contribution is -0.175. The molecule has 0 aromatic heterocycles. The van der Waals surface area contributed by atoms with Crippen molar-refractivity contribution in [2.75, 3.05) is 45.4 Å². The fraction of sp³-hybridized carbons (Fsp3) is 0.697. The van der Waals surface area contributed by atoms with E-state index in [0.717, 1.165) is 20.0 Å². The summed E-state index contributed by atoms with van der Waals surface area (Å²) in [5.41, 5.74) is 0.772. The molecular weight excluding hydrogens is 611 g/mol. The van der Waals surface area contributed by atoms with Gasteiger partial charge < -0.3 is 49.3 Å². The molecule has 1 aromatic carbocycles. The van der Waals surface area contributed by atoms with Gasteiger partial charge in [-0.25, -0.2) is 0 Å². The quantitative estimate of drug-likeness (QED) is 0.0955. The number of aldehydes is 1. The van der Waals surface area contributed by atoms with Crippen molar-refractivity contribution in [3.63, 3.8) is 0 Å². The average molecular weight is 669 g/mol. The Morgan fingerprint density at radius 1 is 1.02 bits per heavy atom. The lowest BCUT2D eigenvalue weighted by atomic mass is 10.1. The third kappa shape index (κ3) is 23.0. The Bertz CT molecular complexity index is 984. The zero-order valence-corrected chi connectivity index (χ0v) is 29.3. The molecule has 1 aromatic rings. The predicted molar refractivity (Wildman–Crippen MR) is 180 cm³/mol. The molecule has 2 rings (SSSR count). The maximum absolute atomic E-state index is 12.6. The lowest BCUT2D eigenvalue weighted by Crippen LogP contribution is -2.39. The zero-order valence-electron chi connectivity index (χ0n) is 29.3. The highest BCUT2D eigenvalue weighted by atomic mass is 16.7. The molecule has 0 saturated carbocycles. The SMILES string of the molecule is CC.CC.CO.[B]C(=O)OCc1ccc(OC2CC(O)CC(C=O)O2)c(NC(=O)CCNC(=O)CCOCCOCCC(C)CC)c1. The molecular formula is C33H57BN2O11. The van der Waals surface area contributed by atoms with E-state index in [2.05, 4.69) is 24.5 Å². The number of hydrogen-bond acceptors (Lipinski definition) is 11. The number of amides is 2. The number of carbonyl (C=O) groups is 4. The van der Waals surface area contributed by atoms with Gasteiger partial charge in [-0.1, -0.05) is 54.0 Å². The van der Waals surface area contributed by atoms with Crippen LogP contribution in [0.25, 0.3) is 0 Å². The molecule has 1 fully saturated rings. The minimum Gasteiger partial charge on any atom is -0.470 e. The number of carbonyl (C=O) groups excluding carboxylic acids is 4. The summed E-state index contributed by atoms with van der Waals surface area (Å²) in [5, 5.41) is 22.4. The molecule has 4 unspecified atom stereocenters. The topological polar surface area (TPSA) is 179 Å². The van der Waals surface area contributed by atoms with E-state index >= 15 is 0 Å². The van der Waals surface area contributed by atoms with Gasteiger partial charge in [0, 0.05) is 45.9 Å². The van der Waals surface area contributed by atoms with E-state index in [-0.39, 0.29) is 62.8 Å². The van der Waals surface area contributed by atoms with E-state index in [1.807, 2.05) is 27.7 Å². The van der Waals surface area contributed by atoms with Crippen LogP contribution in [0.15, 0.2) is 18.2 Å². The van der Waals surface area contributed by atoms with Gasteiger partial charge in [0.25, 0.3) is 0 Å².